The summed E-state index contributed by atoms with van der Waals surface area (Å²) in [5, 5.41) is 2.67. The Balaban J connectivity index is 2.23. The molecule has 0 atom stereocenters. The van der Waals surface area contributed by atoms with E-state index in [4.69, 9.17) is 0 Å². The molecule has 1 aromatic heterocycles. The number of hydrogen-bond donors (Lipinski definition) is 1. The van der Waals surface area contributed by atoms with E-state index in [-0.39, 0.29) is 5.95 Å². The fraction of sp³-hybridized carbons (Fsp3) is 0.100. The lowest BCUT2D eigenvalue weighted by molar-refractivity contribution is 0.458. The van der Waals surface area contributed by atoms with Crippen LogP contribution in [0.2, 0.25) is 0 Å². The summed E-state index contributed by atoms with van der Waals surface area (Å²) in [7, 11) is 0. The van der Waals surface area contributed by atoms with Crippen LogP contribution >= 0.6 is 0 Å². The average Bonchev–Trinajstić information content (AvgIpc) is 2.20. The topological polar surface area (TPSA) is 50.7 Å². The first-order chi connectivity index (χ1) is 7.63. The zero-order valence-corrected chi connectivity index (χ0v) is 8.41. The van der Waals surface area contributed by atoms with Crippen LogP contribution in [-0.2, 0) is 0 Å². The number of nitrogens with one attached hydrogen (secondary N) is 1. The molecule has 0 aliphatic carbocycles. The van der Waals surface area contributed by atoms with Crippen molar-refractivity contribution in [1.29, 1.82) is 0 Å². The van der Waals surface area contributed by atoms with Crippen molar-refractivity contribution in [2.75, 3.05) is 5.32 Å². The van der Waals surface area contributed by atoms with Crippen molar-refractivity contribution < 1.29 is 8.78 Å². The first kappa shape index (κ1) is 10.4. The van der Waals surface area contributed by atoms with Gasteiger partial charge in [-0.15, -0.1) is 0 Å². The summed E-state index contributed by atoms with van der Waals surface area (Å²) in [4.78, 5) is 9.42. The van der Waals surface area contributed by atoms with Crippen molar-refractivity contribution in [3.63, 3.8) is 0 Å². The van der Waals surface area contributed by atoms with Crippen molar-refractivity contribution >= 4 is 11.6 Å². The Bertz CT molecular complexity index is 478. The fourth-order valence-corrected chi connectivity index (χ4v) is 1.15. The number of nitrogens with zero attached hydrogens (tertiary/aromatic N) is 3. The highest BCUT2D eigenvalue weighted by Gasteiger charge is 2.05. The molecule has 0 amide bonds. The van der Waals surface area contributed by atoms with E-state index < -0.39 is 12.2 Å². The molecule has 82 valence electrons. The molecule has 4 nitrogen and oxygen atoms in total. The molecule has 0 aliphatic heterocycles. The van der Waals surface area contributed by atoms with Gasteiger partial charge in [-0.1, -0.05) is 17.7 Å². The van der Waals surface area contributed by atoms with Crippen molar-refractivity contribution in [3.8, 4) is 0 Å². The number of aryl methyl sites for hydroxylation is 1. The van der Waals surface area contributed by atoms with E-state index in [0.717, 1.165) is 5.56 Å². The van der Waals surface area contributed by atoms with Crippen molar-refractivity contribution in [3.05, 3.63) is 42.0 Å². The van der Waals surface area contributed by atoms with Gasteiger partial charge in [0.25, 0.3) is 0 Å². The predicted molar refractivity (Wildman–Crippen MR) is 54.2 cm³/mol. The molecule has 0 saturated carbocycles. The molecule has 0 unspecified atom stereocenters. The lowest BCUT2D eigenvalue weighted by Gasteiger charge is -2.04. The van der Waals surface area contributed by atoms with Crippen LogP contribution in [0.1, 0.15) is 5.56 Å². The molecular formula is C10H8F2N4. The minimum Gasteiger partial charge on any atom is -0.324 e. The van der Waals surface area contributed by atoms with E-state index in [9.17, 15) is 8.78 Å². The third-order valence-electron chi connectivity index (χ3n) is 1.89. The second kappa shape index (κ2) is 4.18. The quantitative estimate of drug-likeness (QED) is 0.846. The smallest absolute Gasteiger partial charge is 0.315 e. The zero-order chi connectivity index (χ0) is 11.5. The maximum atomic E-state index is 12.7. The summed E-state index contributed by atoms with van der Waals surface area (Å²) in [5.74, 6) is -0.158. The van der Waals surface area contributed by atoms with Crippen LogP contribution in [0.15, 0.2) is 24.3 Å². The van der Waals surface area contributed by atoms with Crippen LogP contribution < -0.4 is 5.32 Å². The number of rotatable bonds is 2. The zero-order valence-electron chi connectivity index (χ0n) is 8.41. The standard InChI is InChI=1S/C10H8F2N4/c1-6-2-4-7(5-3-6)13-10-15-8(11)14-9(12)16-10/h2-5H,1H3,(H,13,14,15,16). The first-order valence-electron chi connectivity index (χ1n) is 4.54. The van der Waals surface area contributed by atoms with Crippen molar-refractivity contribution in [2.45, 2.75) is 6.92 Å². The molecule has 0 spiro atoms. The molecule has 0 radical (unpaired) electrons. The minimum absolute atomic E-state index is 0.158. The van der Waals surface area contributed by atoms with Gasteiger partial charge >= 0.3 is 12.2 Å². The van der Waals surface area contributed by atoms with E-state index in [1.807, 2.05) is 19.1 Å². The van der Waals surface area contributed by atoms with Crippen molar-refractivity contribution in [2.24, 2.45) is 0 Å². The lowest BCUT2D eigenvalue weighted by atomic mass is 10.2. The van der Waals surface area contributed by atoms with E-state index in [0.29, 0.717) is 5.69 Å². The Kier molecular flexibility index (Phi) is 2.72. The second-order valence-corrected chi connectivity index (χ2v) is 3.19. The molecule has 1 N–H and O–H groups in total. The molecule has 2 rings (SSSR count). The van der Waals surface area contributed by atoms with Gasteiger partial charge in [0.05, 0.1) is 0 Å². The van der Waals surface area contributed by atoms with Gasteiger partial charge in [-0.2, -0.15) is 23.7 Å². The third kappa shape index (κ3) is 2.47. The van der Waals surface area contributed by atoms with Gasteiger partial charge in [-0.25, -0.2) is 0 Å². The van der Waals surface area contributed by atoms with Crippen LogP contribution in [-0.4, -0.2) is 15.0 Å². The van der Waals surface area contributed by atoms with Crippen LogP contribution in [0.5, 0.6) is 0 Å². The normalized spacial score (nSPS) is 10.2. The minimum atomic E-state index is -1.15. The lowest BCUT2D eigenvalue weighted by Crippen LogP contribution is -2.04. The van der Waals surface area contributed by atoms with Gasteiger partial charge in [-0.05, 0) is 19.1 Å². The molecule has 1 heterocycles. The van der Waals surface area contributed by atoms with E-state index in [1.54, 1.807) is 12.1 Å². The summed E-state index contributed by atoms with van der Waals surface area (Å²) in [5.41, 5.74) is 1.73. The van der Waals surface area contributed by atoms with Gasteiger partial charge < -0.3 is 5.32 Å². The highest BCUT2D eigenvalue weighted by atomic mass is 19.1. The molecule has 0 fully saturated rings. The van der Waals surface area contributed by atoms with Crippen LogP contribution in [0, 0.1) is 19.1 Å². The molecule has 1 aromatic carbocycles. The largest absolute Gasteiger partial charge is 0.324 e. The summed E-state index contributed by atoms with van der Waals surface area (Å²) < 4.78 is 25.3. The van der Waals surface area contributed by atoms with Gasteiger partial charge in [0.2, 0.25) is 5.95 Å². The number of hydrogen-bond acceptors (Lipinski definition) is 4. The van der Waals surface area contributed by atoms with Gasteiger partial charge in [0.15, 0.2) is 0 Å². The van der Waals surface area contributed by atoms with Crippen LogP contribution in [0.4, 0.5) is 20.4 Å². The number of aromatic nitrogens is 3. The van der Waals surface area contributed by atoms with Gasteiger partial charge in [-0.3, -0.25) is 0 Å². The number of benzene rings is 1. The maximum Gasteiger partial charge on any atom is 0.315 e. The van der Waals surface area contributed by atoms with Crippen molar-refractivity contribution in [1.82, 2.24) is 15.0 Å². The number of halogens is 2. The molecule has 2 aromatic rings. The third-order valence-corrected chi connectivity index (χ3v) is 1.89. The second-order valence-electron chi connectivity index (χ2n) is 3.19. The SMILES string of the molecule is Cc1ccc(Nc2nc(F)nc(F)n2)cc1. The fourth-order valence-electron chi connectivity index (χ4n) is 1.15. The predicted octanol–water partition coefficient (Wildman–Crippen LogP) is 2.20. The Morgan fingerprint density at radius 1 is 0.938 bits per heavy atom. The Labute approximate surface area is 90.4 Å². The Morgan fingerprint density at radius 3 is 2.06 bits per heavy atom. The Morgan fingerprint density at radius 2 is 1.50 bits per heavy atom. The molecular weight excluding hydrogens is 214 g/mol. The molecule has 16 heavy (non-hydrogen) atoms. The van der Waals surface area contributed by atoms with Crippen LogP contribution in [0.3, 0.4) is 0 Å². The first-order valence-corrected chi connectivity index (χ1v) is 4.54. The van der Waals surface area contributed by atoms with Gasteiger partial charge in [0, 0.05) is 5.69 Å². The van der Waals surface area contributed by atoms with Gasteiger partial charge in [0.1, 0.15) is 0 Å². The maximum absolute atomic E-state index is 12.7. The average molecular weight is 222 g/mol. The highest BCUT2D eigenvalue weighted by Crippen LogP contribution is 2.13. The number of anilines is 2. The molecule has 0 aliphatic rings. The summed E-state index contributed by atoms with van der Waals surface area (Å²) >= 11 is 0. The molecule has 0 bridgehead atoms. The summed E-state index contributed by atoms with van der Waals surface area (Å²) in [6.07, 6.45) is -2.30. The molecule has 6 heteroatoms. The molecule has 0 saturated heterocycles. The highest BCUT2D eigenvalue weighted by molar-refractivity contribution is 5.53. The van der Waals surface area contributed by atoms with E-state index >= 15 is 0 Å². The summed E-state index contributed by atoms with van der Waals surface area (Å²) in [6.45, 7) is 1.94. The summed E-state index contributed by atoms with van der Waals surface area (Å²) in [6, 6.07) is 7.23. The monoisotopic (exact) mass is 222 g/mol. The van der Waals surface area contributed by atoms with E-state index in [2.05, 4.69) is 20.3 Å². The Hall–Kier alpha value is -2.11. The van der Waals surface area contributed by atoms with E-state index in [1.165, 1.54) is 0 Å². The van der Waals surface area contributed by atoms with Crippen LogP contribution in [0.25, 0.3) is 0 Å².